The van der Waals surface area contributed by atoms with Crippen LogP contribution < -0.4 is 9.47 Å². The van der Waals surface area contributed by atoms with Gasteiger partial charge in [0.1, 0.15) is 11.5 Å². The van der Waals surface area contributed by atoms with Crippen molar-refractivity contribution in [3.63, 3.8) is 0 Å². The lowest BCUT2D eigenvalue weighted by atomic mass is 9.93. The molecular formula is C14H22O6S. The van der Waals surface area contributed by atoms with Crippen LogP contribution in [0.5, 0.6) is 17.2 Å². The first-order valence-electron chi connectivity index (χ1n) is 6.71. The van der Waals surface area contributed by atoms with E-state index in [9.17, 15) is 18.1 Å². The topological polar surface area (TPSA) is 93.1 Å². The van der Waals surface area contributed by atoms with Crippen molar-refractivity contribution in [2.75, 3.05) is 14.2 Å². The van der Waals surface area contributed by atoms with E-state index < -0.39 is 20.8 Å². The number of methoxy groups -OCH3 is 2. The minimum atomic E-state index is -4.63. The van der Waals surface area contributed by atoms with Gasteiger partial charge in [-0.1, -0.05) is 20.8 Å². The summed E-state index contributed by atoms with van der Waals surface area (Å²) in [5.74, 6) is -0.269. The summed E-state index contributed by atoms with van der Waals surface area (Å²) >= 11 is 0. The van der Waals surface area contributed by atoms with Crippen LogP contribution >= 0.6 is 0 Å². The molecule has 0 saturated heterocycles. The highest BCUT2D eigenvalue weighted by atomic mass is 32.2. The van der Waals surface area contributed by atoms with E-state index in [-0.39, 0.29) is 11.7 Å². The zero-order valence-electron chi connectivity index (χ0n) is 12.9. The molecular weight excluding hydrogens is 296 g/mol. The van der Waals surface area contributed by atoms with Crippen LogP contribution in [0.3, 0.4) is 0 Å². The Bertz CT molecular complexity index is 621. The molecule has 0 heterocycles. The third-order valence-electron chi connectivity index (χ3n) is 3.60. The summed E-state index contributed by atoms with van der Waals surface area (Å²) in [6.45, 7) is 5.60. The van der Waals surface area contributed by atoms with Crippen molar-refractivity contribution >= 4 is 10.1 Å². The fourth-order valence-corrected chi connectivity index (χ4v) is 3.19. The number of ether oxygens (including phenoxy) is 2. The maximum atomic E-state index is 11.6. The Kier molecular flexibility index (Phi) is 5.47. The Balaban J connectivity index is 4.01. The van der Waals surface area contributed by atoms with E-state index >= 15 is 0 Å². The SMILES string of the molecule is CCc1c(O)c(S(=O)(=O)O)c(OC)c(C(C)CC)c1OC. The molecule has 2 N–H and O–H groups in total. The van der Waals surface area contributed by atoms with Gasteiger partial charge in [-0.05, 0) is 18.8 Å². The summed E-state index contributed by atoms with van der Waals surface area (Å²) in [6, 6.07) is 0. The number of rotatable bonds is 6. The second-order valence-electron chi connectivity index (χ2n) is 4.77. The van der Waals surface area contributed by atoms with Crippen molar-refractivity contribution in [3.8, 4) is 17.2 Å². The molecule has 1 rings (SSSR count). The highest BCUT2D eigenvalue weighted by Crippen LogP contribution is 2.49. The van der Waals surface area contributed by atoms with Gasteiger partial charge in [0.2, 0.25) is 0 Å². The predicted octanol–water partition coefficient (Wildman–Crippen LogP) is 2.73. The normalized spacial score (nSPS) is 13.0. The van der Waals surface area contributed by atoms with Crippen LogP contribution in [0, 0.1) is 0 Å². The quantitative estimate of drug-likeness (QED) is 0.783. The number of benzene rings is 1. The maximum Gasteiger partial charge on any atom is 0.301 e. The molecule has 1 atom stereocenters. The fraction of sp³-hybridized carbons (Fsp3) is 0.571. The summed E-state index contributed by atoms with van der Waals surface area (Å²) in [5.41, 5.74) is 0.867. The van der Waals surface area contributed by atoms with Crippen molar-refractivity contribution < 1.29 is 27.6 Å². The van der Waals surface area contributed by atoms with Gasteiger partial charge in [-0.15, -0.1) is 0 Å². The molecule has 1 unspecified atom stereocenters. The van der Waals surface area contributed by atoms with Crippen molar-refractivity contribution in [3.05, 3.63) is 11.1 Å². The van der Waals surface area contributed by atoms with Gasteiger partial charge in [0.25, 0.3) is 0 Å². The Morgan fingerprint density at radius 2 is 1.67 bits per heavy atom. The Hall–Kier alpha value is -1.47. The number of aromatic hydroxyl groups is 1. The van der Waals surface area contributed by atoms with E-state index in [0.29, 0.717) is 29.7 Å². The molecule has 1 aromatic rings. The molecule has 0 amide bonds. The lowest BCUT2D eigenvalue weighted by molar-refractivity contribution is 0.350. The predicted molar refractivity (Wildman–Crippen MR) is 79.1 cm³/mol. The molecule has 7 heteroatoms. The molecule has 6 nitrogen and oxygen atoms in total. The van der Waals surface area contributed by atoms with Crippen LogP contribution in [-0.4, -0.2) is 32.3 Å². The van der Waals surface area contributed by atoms with Gasteiger partial charge >= 0.3 is 10.1 Å². The summed E-state index contributed by atoms with van der Waals surface area (Å²) in [6.07, 6.45) is 1.07. The van der Waals surface area contributed by atoms with E-state index in [1.54, 1.807) is 6.92 Å². The lowest BCUT2D eigenvalue weighted by Crippen LogP contribution is -2.10. The van der Waals surface area contributed by atoms with Gasteiger partial charge in [0, 0.05) is 11.1 Å². The standard InChI is InChI=1S/C14H22O6S/c1-6-8(3)10-12(19-4)9(7-2)11(15)14(13(10)20-5)21(16,17)18/h8,15H,6-7H2,1-5H3,(H,16,17,18). The molecule has 0 fully saturated rings. The number of hydrogen-bond donors (Lipinski definition) is 2. The molecule has 0 aliphatic carbocycles. The minimum Gasteiger partial charge on any atom is -0.506 e. The van der Waals surface area contributed by atoms with E-state index in [2.05, 4.69) is 0 Å². The van der Waals surface area contributed by atoms with Gasteiger partial charge in [0.05, 0.1) is 14.2 Å². The van der Waals surface area contributed by atoms with Gasteiger partial charge < -0.3 is 14.6 Å². The monoisotopic (exact) mass is 318 g/mol. The van der Waals surface area contributed by atoms with Crippen LogP contribution in [0.1, 0.15) is 44.2 Å². The van der Waals surface area contributed by atoms with Crippen molar-refractivity contribution in [1.29, 1.82) is 0 Å². The summed E-state index contributed by atoms with van der Waals surface area (Å²) in [4.78, 5) is -0.599. The van der Waals surface area contributed by atoms with E-state index in [1.807, 2.05) is 13.8 Å². The first-order valence-corrected chi connectivity index (χ1v) is 8.15. The summed E-state index contributed by atoms with van der Waals surface area (Å²) in [7, 11) is -1.89. The van der Waals surface area contributed by atoms with Crippen molar-refractivity contribution in [2.24, 2.45) is 0 Å². The third-order valence-corrected chi connectivity index (χ3v) is 4.49. The first-order chi connectivity index (χ1) is 9.74. The molecule has 21 heavy (non-hydrogen) atoms. The fourth-order valence-electron chi connectivity index (χ4n) is 2.39. The van der Waals surface area contributed by atoms with Crippen LogP contribution in [0.15, 0.2) is 4.90 Å². The maximum absolute atomic E-state index is 11.6. The molecule has 1 aromatic carbocycles. The largest absolute Gasteiger partial charge is 0.506 e. The summed E-state index contributed by atoms with van der Waals surface area (Å²) < 4.78 is 43.2. The second kappa shape index (κ2) is 6.53. The van der Waals surface area contributed by atoms with Crippen LogP contribution in [0.2, 0.25) is 0 Å². The number of hydrogen-bond acceptors (Lipinski definition) is 5. The Morgan fingerprint density at radius 3 is 2.00 bits per heavy atom. The van der Waals surface area contributed by atoms with Crippen LogP contribution in [-0.2, 0) is 16.5 Å². The molecule has 0 bridgehead atoms. The highest BCUT2D eigenvalue weighted by molar-refractivity contribution is 7.86. The molecule has 0 saturated carbocycles. The van der Waals surface area contributed by atoms with Crippen LogP contribution in [0.4, 0.5) is 0 Å². The minimum absolute atomic E-state index is 0.0682. The summed E-state index contributed by atoms with van der Waals surface area (Å²) in [5, 5.41) is 10.2. The third kappa shape index (κ3) is 3.08. The highest BCUT2D eigenvalue weighted by Gasteiger charge is 2.32. The van der Waals surface area contributed by atoms with E-state index in [1.165, 1.54) is 14.2 Å². The van der Waals surface area contributed by atoms with E-state index in [4.69, 9.17) is 9.47 Å². The average molecular weight is 318 g/mol. The molecule has 0 radical (unpaired) electrons. The van der Waals surface area contributed by atoms with Gasteiger partial charge in [-0.2, -0.15) is 8.42 Å². The first kappa shape index (κ1) is 17.6. The Morgan fingerprint density at radius 1 is 1.14 bits per heavy atom. The Labute approximate surface area is 125 Å². The van der Waals surface area contributed by atoms with Gasteiger partial charge in [0.15, 0.2) is 10.6 Å². The zero-order chi connectivity index (χ0) is 16.4. The molecule has 120 valence electrons. The molecule has 0 aliphatic heterocycles. The smallest absolute Gasteiger partial charge is 0.301 e. The van der Waals surface area contributed by atoms with Gasteiger partial charge in [-0.25, -0.2) is 0 Å². The lowest BCUT2D eigenvalue weighted by Gasteiger charge is -2.23. The second-order valence-corrected chi connectivity index (χ2v) is 6.13. The number of phenols is 1. The van der Waals surface area contributed by atoms with Gasteiger partial charge in [-0.3, -0.25) is 4.55 Å². The zero-order valence-corrected chi connectivity index (χ0v) is 13.7. The molecule has 0 spiro atoms. The van der Waals surface area contributed by atoms with Crippen LogP contribution in [0.25, 0.3) is 0 Å². The van der Waals surface area contributed by atoms with Crippen molar-refractivity contribution in [1.82, 2.24) is 0 Å². The number of phenolic OH excluding ortho intramolecular Hbond substituents is 1. The van der Waals surface area contributed by atoms with E-state index in [0.717, 1.165) is 0 Å². The average Bonchev–Trinajstić information content (AvgIpc) is 2.43. The molecule has 0 aliphatic rings. The molecule has 0 aromatic heterocycles. The van der Waals surface area contributed by atoms with Crippen molar-refractivity contribution in [2.45, 2.75) is 44.4 Å².